The summed E-state index contributed by atoms with van der Waals surface area (Å²) < 4.78 is 0. The second kappa shape index (κ2) is 2.75. The number of hydrogen-bond acceptors (Lipinski definition) is 3. The number of hydrogen-bond donors (Lipinski definition) is 2. The van der Waals surface area contributed by atoms with Crippen molar-refractivity contribution in [3.05, 3.63) is 0 Å². The molecule has 5 nitrogen and oxygen atoms in total. The first kappa shape index (κ1) is 8.99. The molecule has 0 atom stereocenters. The maximum Gasteiger partial charge on any atom is 0.306 e. The highest BCUT2D eigenvalue weighted by atomic mass is 16.4. The summed E-state index contributed by atoms with van der Waals surface area (Å²) in [5.74, 6) is -1.18. The van der Waals surface area contributed by atoms with Crippen LogP contribution < -0.4 is 0 Å². The van der Waals surface area contributed by atoms with Gasteiger partial charge in [-0.1, -0.05) is 0 Å². The summed E-state index contributed by atoms with van der Waals surface area (Å²) in [4.78, 5) is 22.3. The summed E-state index contributed by atoms with van der Waals surface area (Å²) in [6.45, 7) is 1.66. The van der Waals surface area contributed by atoms with Gasteiger partial charge in [0.05, 0.1) is 19.5 Å². The average molecular weight is 173 g/mol. The largest absolute Gasteiger partial charge is 0.481 e. The van der Waals surface area contributed by atoms with Gasteiger partial charge >= 0.3 is 5.97 Å². The molecule has 1 rings (SSSR count). The molecule has 0 spiro atoms. The van der Waals surface area contributed by atoms with Crippen molar-refractivity contribution in [2.45, 2.75) is 18.9 Å². The molecule has 0 unspecified atom stereocenters. The number of amides is 1. The van der Waals surface area contributed by atoms with Crippen molar-refractivity contribution in [3.8, 4) is 0 Å². The molecule has 1 saturated heterocycles. The van der Waals surface area contributed by atoms with Crippen LogP contribution in [0.3, 0.4) is 0 Å². The molecule has 0 aromatic rings. The highest BCUT2D eigenvalue weighted by molar-refractivity contribution is 5.75. The Bertz CT molecular complexity index is 219. The van der Waals surface area contributed by atoms with E-state index in [-0.39, 0.29) is 25.4 Å². The van der Waals surface area contributed by atoms with E-state index in [9.17, 15) is 14.7 Å². The van der Waals surface area contributed by atoms with Gasteiger partial charge in [0.2, 0.25) is 5.91 Å². The number of carbonyl (C=O) groups excluding carboxylic acids is 1. The molecule has 1 aliphatic heterocycles. The molecule has 1 heterocycles. The number of nitrogens with zero attached hydrogens (tertiary/aromatic N) is 1. The molecule has 5 heteroatoms. The molecule has 68 valence electrons. The van der Waals surface area contributed by atoms with Gasteiger partial charge in [0.1, 0.15) is 5.60 Å². The second-order valence-corrected chi connectivity index (χ2v) is 3.17. The lowest BCUT2D eigenvalue weighted by Gasteiger charge is -2.45. The zero-order valence-electron chi connectivity index (χ0n) is 6.78. The molecule has 0 radical (unpaired) electrons. The van der Waals surface area contributed by atoms with E-state index in [1.807, 2.05) is 0 Å². The molecule has 12 heavy (non-hydrogen) atoms. The van der Waals surface area contributed by atoms with Gasteiger partial charge in [0.15, 0.2) is 0 Å². The van der Waals surface area contributed by atoms with Gasteiger partial charge in [-0.2, -0.15) is 0 Å². The van der Waals surface area contributed by atoms with Crippen molar-refractivity contribution in [1.82, 2.24) is 4.90 Å². The second-order valence-electron chi connectivity index (χ2n) is 3.17. The molecule has 0 aromatic heterocycles. The monoisotopic (exact) mass is 173 g/mol. The Kier molecular flexibility index (Phi) is 2.06. The summed E-state index contributed by atoms with van der Waals surface area (Å²) in [5.41, 5.74) is -1.20. The van der Waals surface area contributed by atoms with Gasteiger partial charge in [0.25, 0.3) is 0 Å². The first-order chi connectivity index (χ1) is 5.43. The first-order valence-electron chi connectivity index (χ1n) is 3.63. The van der Waals surface area contributed by atoms with Crippen LogP contribution in [0.25, 0.3) is 0 Å². The molecule has 2 N–H and O–H groups in total. The van der Waals surface area contributed by atoms with Crippen LogP contribution in [0.2, 0.25) is 0 Å². The summed E-state index contributed by atoms with van der Waals surface area (Å²) in [6.07, 6.45) is -0.295. The van der Waals surface area contributed by atoms with E-state index in [4.69, 9.17) is 5.11 Å². The molecular formula is C7H11NO4. The number of carbonyl (C=O) groups is 2. The Hall–Kier alpha value is -1.10. The maximum atomic E-state index is 10.7. The minimum Gasteiger partial charge on any atom is -0.481 e. The molecule has 0 aliphatic carbocycles. The van der Waals surface area contributed by atoms with Crippen LogP contribution >= 0.6 is 0 Å². The highest BCUT2D eigenvalue weighted by Gasteiger charge is 2.43. The van der Waals surface area contributed by atoms with Crippen LogP contribution in [0.5, 0.6) is 0 Å². The molecule has 0 saturated carbocycles. The number of aliphatic hydroxyl groups is 1. The molecule has 0 aromatic carbocycles. The Morgan fingerprint density at radius 3 is 2.33 bits per heavy atom. The molecule has 1 aliphatic rings. The molecular weight excluding hydrogens is 162 g/mol. The van der Waals surface area contributed by atoms with E-state index in [1.165, 1.54) is 11.8 Å². The Labute approximate surface area is 69.6 Å². The third-order valence-corrected chi connectivity index (χ3v) is 1.90. The minimum absolute atomic E-state index is 0.134. The number of β-amino-alcohol motifs (C(OH)–C–C–N with tert-alkyl or cyclic N) is 1. The van der Waals surface area contributed by atoms with Gasteiger partial charge in [-0.15, -0.1) is 0 Å². The van der Waals surface area contributed by atoms with E-state index < -0.39 is 11.6 Å². The average Bonchev–Trinajstić information content (AvgIpc) is 1.80. The normalized spacial score (nSPS) is 20.0. The van der Waals surface area contributed by atoms with Crippen LogP contribution in [0.4, 0.5) is 0 Å². The van der Waals surface area contributed by atoms with Gasteiger partial charge in [-0.3, -0.25) is 9.59 Å². The van der Waals surface area contributed by atoms with Crippen LogP contribution in [-0.4, -0.2) is 45.7 Å². The fourth-order valence-electron chi connectivity index (χ4n) is 1.28. The zero-order valence-corrected chi connectivity index (χ0v) is 6.78. The van der Waals surface area contributed by atoms with Crippen LogP contribution in [0.1, 0.15) is 13.3 Å². The van der Waals surface area contributed by atoms with Crippen molar-refractivity contribution in [2.24, 2.45) is 0 Å². The summed E-state index contributed by atoms with van der Waals surface area (Å²) in [5, 5.41) is 17.8. The molecule has 0 bridgehead atoms. The standard InChI is InChI=1S/C7H11NO4/c1-5(9)8-3-7(12,4-8)2-6(10)11/h12H,2-4H2,1H3,(H,10,11). The van der Waals surface area contributed by atoms with Gasteiger partial charge in [-0.25, -0.2) is 0 Å². The Balaban J connectivity index is 2.40. The number of carboxylic acid groups (broad SMARTS) is 1. The summed E-state index contributed by atoms with van der Waals surface area (Å²) >= 11 is 0. The van der Waals surface area contributed by atoms with E-state index in [0.717, 1.165) is 0 Å². The van der Waals surface area contributed by atoms with E-state index in [1.54, 1.807) is 0 Å². The summed E-state index contributed by atoms with van der Waals surface area (Å²) in [7, 11) is 0. The Morgan fingerprint density at radius 1 is 1.50 bits per heavy atom. The SMILES string of the molecule is CC(=O)N1CC(O)(CC(=O)O)C1. The van der Waals surface area contributed by atoms with Crippen molar-refractivity contribution in [1.29, 1.82) is 0 Å². The predicted molar refractivity (Wildman–Crippen MR) is 39.5 cm³/mol. The molecule has 1 fully saturated rings. The topological polar surface area (TPSA) is 77.8 Å². The maximum absolute atomic E-state index is 10.7. The fraction of sp³-hybridized carbons (Fsp3) is 0.714. The summed E-state index contributed by atoms with van der Waals surface area (Å²) in [6, 6.07) is 0. The molecule has 1 amide bonds. The fourth-order valence-corrected chi connectivity index (χ4v) is 1.28. The lowest BCUT2D eigenvalue weighted by molar-refractivity contribution is -0.164. The van der Waals surface area contributed by atoms with Gasteiger partial charge in [0, 0.05) is 6.92 Å². The number of rotatable bonds is 2. The third-order valence-electron chi connectivity index (χ3n) is 1.90. The van der Waals surface area contributed by atoms with Gasteiger partial charge in [-0.05, 0) is 0 Å². The van der Waals surface area contributed by atoms with Crippen molar-refractivity contribution in [3.63, 3.8) is 0 Å². The van der Waals surface area contributed by atoms with Crippen molar-refractivity contribution < 1.29 is 19.8 Å². The van der Waals surface area contributed by atoms with Crippen molar-refractivity contribution >= 4 is 11.9 Å². The quantitative estimate of drug-likeness (QED) is 0.564. The van der Waals surface area contributed by atoms with Gasteiger partial charge < -0.3 is 15.1 Å². The number of aliphatic carboxylic acids is 1. The number of carboxylic acids is 1. The Morgan fingerprint density at radius 2 is 2.00 bits per heavy atom. The number of likely N-dealkylation sites (tertiary alicyclic amines) is 1. The lowest BCUT2D eigenvalue weighted by atomic mass is 9.90. The van der Waals surface area contributed by atoms with E-state index in [0.29, 0.717) is 0 Å². The lowest BCUT2D eigenvalue weighted by Crippen LogP contribution is -2.63. The van der Waals surface area contributed by atoms with Crippen LogP contribution in [0.15, 0.2) is 0 Å². The highest BCUT2D eigenvalue weighted by Crippen LogP contribution is 2.23. The van der Waals surface area contributed by atoms with Crippen LogP contribution in [0, 0.1) is 0 Å². The zero-order chi connectivity index (χ0) is 9.35. The first-order valence-corrected chi connectivity index (χ1v) is 3.63. The van der Waals surface area contributed by atoms with E-state index in [2.05, 4.69) is 0 Å². The minimum atomic E-state index is -1.20. The van der Waals surface area contributed by atoms with Crippen LogP contribution in [-0.2, 0) is 9.59 Å². The van der Waals surface area contributed by atoms with E-state index >= 15 is 0 Å². The van der Waals surface area contributed by atoms with Crippen molar-refractivity contribution in [2.75, 3.05) is 13.1 Å². The third kappa shape index (κ3) is 1.73. The smallest absolute Gasteiger partial charge is 0.306 e. The predicted octanol–water partition coefficient (Wildman–Crippen LogP) is -0.946.